The lowest BCUT2D eigenvalue weighted by molar-refractivity contribution is 0.404. The molecule has 0 aliphatic heterocycles. The number of hydrogen-bond donors (Lipinski definition) is 1. The normalized spacial score (nSPS) is 16.2. The summed E-state index contributed by atoms with van der Waals surface area (Å²) < 4.78 is 27.4. The molecule has 2 rings (SSSR count). The van der Waals surface area contributed by atoms with Crippen molar-refractivity contribution >= 4 is 21.4 Å². The maximum Gasteiger partial charge on any atom is 0.252 e. The van der Waals surface area contributed by atoms with Gasteiger partial charge in [0.1, 0.15) is 4.21 Å². The van der Waals surface area contributed by atoms with Gasteiger partial charge in [-0.1, -0.05) is 13.8 Å². The lowest BCUT2D eigenvalue weighted by atomic mass is 10.4. The van der Waals surface area contributed by atoms with Crippen molar-refractivity contribution < 1.29 is 8.42 Å². The second-order valence-electron chi connectivity index (χ2n) is 4.85. The molecule has 0 bridgehead atoms. The summed E-state index contributed by atoms with van der Waals surface area (Å²) in [5, 5.41) is 3.22. The van der Waals surface area contributed by atoms with E-state index in [1.807, 2.05) is 19.9 Å². The minimum atomic E-state index is -3.28. The van der Waals surface area contributed by atoms with Crippen LogP contribution < -0.4 is 5.32 Å². The first-order valence-electron chi connectivity index (χ1n) is 6.90. The van der Waals surface area contributed by atoms with Crippen LogP contribution >= 0.6 is 11.3 Å². The molecule has 108 valence electrons. The lowest BCUT2D eigenvalue weighted by Crippen LogP contribution is -2.33. The van der Waals surface area contributed by atoms with Gasteiger partial charge in [0.15, 0.2) is 0 Å². The average Bonchev–Trinajstić information content (AvgIpc) is 3.10. The van der Waals surface area contributed by atoms with Crippen LogP contribution in [-0.4, -0.2) is 31.9 Å². The van der Waals surface area contributed by atoms with E-state index in [2.05, 4.69) is 5.32 Å². The number of nitrogens with zero attached hydrogens (tertiary/aromatic N) is 1. The first-order chi connectivity index (χ1) is 9.09. The molecule has 0 aromatic carbocycles. The third-order valence-electron chi connectivity index (χ3n) is 3.15. The predicted molar refractivity (Wildman–Crippen MR) is 78.9 cm³/mol. The fraction of sp³-hybridized carbons (Fsp3) is 0.692. The summed E-state index contributed by atoms with van der Waals surface area (Å²) in [5.41, 5.74) is 0. The Labute approximate surface area is 119 Å². The minimum absolute atomic E-state index is 0.240. The van der Waals surface area contributed by atoms with Crippen LogP contribution in [0.15, 0.2) is 16.3 Å². The summed E-state index contributed by atoms with van der Waals surface area (Å²) in [6, 6.07) is 3.90. The SMILES string of the molecule is CCCN(C1CC1)S(=O)(=O)c1ccc(CNCC)s1. The van der Waals surface area contributed by atoms with Crippen molar-refractivity contribution in [1.82, 2.24) is 9.62 Å². The minimum Gasteiger partial charge on any atom is -0.312 e. The molecule has 19 heavy (non-hydrogen) atoms. The highest BCUT2D eigenvalue weighted by Crippen LogP contribution is 2.34. The van der Waals surface area contributed by atoms with Crippen LogP contribution in [0, 0.1) is 0 Å². The molecule has 1 N–H and O–H groups in total. The number of sulfonamides is 1. The van der Waals surface area contributed by atoms with E-state index in [0.717, 1.165) is 37.2 Å². The summed E-state index contributed by atoms with van der Waals surface area (Å²) in [4.78, 5) is 1.08. The molecule has 1 saturated carbocycles. The van der Waals surface area contributed by atoms with Gasteiger partial charge in [-0.2, -0.15) is 4.31 Å². The Hall–Kier alpha value is -0.430. The van der Waals surface area contributed by atoms with Gasteiger partial charge in [0, 0.05) is 24.0 Å². The molecule has 1 aliphatic rings. The molecule has 1 heterocycles. The molecular formula is C13H22N2O2S2. The maximum absolute atomic E-state index is 12.6. The molecule has 0 unspecified atom stereocenters. The Balaban J connectivity index is 2.15. The number of hydrogen-bond acceptors (Lipinski definition) is 4. The Bertz CT molecular complexity index is 506. The van der Waals surface area contributed by atoms with Crippen molar-refractivity contribution in [3.63, 3.8) is 0 Å². The Morgan fingerprint density at radius 2 is 2.11 bits per heavy atom. The molecule has 1 fully saturated rings. The van der Waals surface area contributed by atoms with Crippen LogP contribution in [-0.2, 0) is 16.6 Å². The van der Waals surface area contributed by atoms with E-state index in [-0.39, 0.29) is 6.04 Å². The van der Waals surface area contributed by atoms with Gasteiger partial charge >= 0.3 is 0 Å². The van der Waals surface area contributed by atoms with Crippen LogP contribution in [0.5, 0.6) is 0 Å². The van der Waals surface area contributed by atoms with E-state index in [1.165, 1.54) is 11.3 Å². The number of rotatable bonds is 8. The molecule has 0 atom stereocenters. The van der Waals surface area contributed by atoms with E-state index in [9.17, 15) is 8.42 Å². The summed E-state index contributed by atoms with van der Waals surface area (Å²) in [6.45, 7) is 6.34. The summed E-state index contributed by atoms with van der Waals surface area (Å²) in [7, 11) is -3.28. The molecule has 1 aliphatic carbocycles. The fourth-order valence-corrected chi connectivity index (χ4v) is 5.27. The van der Waals surface area contributed by atoms with Gasteiger partial charge in [0.25, 0.3) is 10.0 Å². The average molecular weight is 302 g/mol. The van der Waals surface area contributed by atoms with Gasteiger partial charge in [-0.05, 0) is 37.9 Å². The summed E-state index contributed by atoms with van der Waals surface area (Å²) in [5.74, 6) is 0. The first-order valence-corrected chi connectivity index (χ1v) is 9.16. The smallest absolute Gasteiger partial charge is 0.252 e. The molecule has 0 spiro atoms. The molecule has 6 heteroatoms. The first kappa shape index (κ1) is 15.0. The van der Waals surface area contributed by atoms with Crippen LogP contribution in [0.25, 0.3) is 0 Å². The van der Waals surface area contributed by atoms with E-state index in [1.54, 1.807) is 10.4 Å². The largest absolute Gasteiger partial charge is 0.312 e. The second kappa shape index (κ2) is 6.35. The zero-order chi connectivity index (χ0) is 13.9. The van der Waals surface area contributed by atoms with Gasteiger partial charge in [0.2, 0.25) is 0 Å². The molecule has 0 saturated heterocycles. The molecule has 1 aromatic heterocycles. The third-order valence-corrected chi connectivity index (χ3v) is 6.65. The zero-order valence-corrected chi connectivity index (χ0v) is 13.2. The predicted octanol–water partition coefficient (Wildman–Crippen LogP) is 2.42. The quantitative estimate of drug-likeness (QED) is 0.802. The molecule has 1 aromatic rings. The fourth-order valence-electron chi connectivity index (χ4n) is 2.04. The highest BCUT2D eigenvalue weighted by Gasteiger charge is 2.37. The van der Waals surface area contributed by atoms with E-state index in [4.69, 9.17) is 0 Å². The third kappa shape index (κ3) is 3.56. The molecule has 4 nitrogen and oxygen atoms in total. The van der Waals surface area contributed by atoms with Crippen molar-refractivity contribution in [2.24, 2.45) is 0 Å². The van der Waals surface area contributed by atoms with Crippen LogP contribution in [0.1, 0.15) is 38.0 Å². The summed E-state index contributed by atoms with van der Waals surface area (Å²) >= 11 is 1.39. The number of nitrogens with one attached hydrogen (secondary N) is 1. The molecule has 0 amide bonds. The Kier molecular flexibility index (Phi) is 5.00. The Morgan fingerprint density at radius 3 is 2.68 bits per heavy atom. The van der Waals surface area contributed by atoms with E-state index in [0.29, 0.717) is 10.8 Å². The topological polar surface area (TPSA) is 49.4 Å². The van der Waals surface area contributed by atoms with Gasteiger partial charge < -0.3 is 5.32 Å². The van der Waals surface area contributed by atoms with Crippen LogP contribution in [0.4, 0.5) is 0 Å². The molecular weight excluding hydrogens is 280 g/mol. The van der Waals surface area contributed by atoms with Crippen molar-refractivity contribution in [3.05, 3.63) is 17.0 Å². The van der Waals surface area contributed by atoms with Gasteiger partial charge in [-0.3, -0.25) is 0 Å². The maximum atomic E-state index is 12.6. The van der Waals surface area contributed by atoms with Crippen molar-refractivity contribution in [3.8, 4) is 0 Å². The van der Waals surface area contributed by atoms with Crippen LogP contribution in [0.3, 0.4) is 0 Å². The highest BCUT2D eigenvalue weighted by molar-refractivity contribution is 7.91. The van der Waals surface area contributed by atoms with Gasteiger partial charge in [-0.25, -0.2) is 8.42 Å². The monoisotopic (exact) mass is 302 g/mol. The van der Waals surface area contributed by atoms with Crippen molar-refractivity contribution in [2.75, 3.05) is 13.1 Å². The van der Waals surface area contributed by atoms with Crippen molar-refractivity contribution in [2.45, 2.75) is 49.9 Å². The van der Waals surface area contributed by atoms with E-state index >= 15 is 0 Å². The van der Waals surface area contributed by atoms with Gasteiger partial charge in [0.05, 0.1) is 0 Å². The summed E-state index contributed by atoms with van der Waals surface area (Å²) in [6.07, 6.45) is 2.88. The van der Waals surface area contributed by atoms with Crippen LogP contribution in [0.2, 0.25) is 0 Å². The van der Waals surface area contributed by atoms with Gasteiger partial charge in [-0.15, -0.1) is 11.3 Å². The second-order valence-corrected chi connectivity index (χ2v) is 8.13. The van der Waals surface area contributed by atoms with E-state index < -0.39 is 10.0 Å². The molecule has 0 radical (unpaired) electrons. The highest BCUT2D eigenvalue weighted by atomic mass is 32.2. The zero-order valence-electron chi connectivity index (χ0n) is 11.6. The number of thiophene rings is 1. The Morgan fingerprint density at radius 1 is 1.37 bits per heavy atom. The standard InChI is InChI=1S/C13H22N2O2S2/c1-3-9-15(11-5-6-11)19(16,17)13-8-7-12(18-13)10-14-4-2/h7-8,11,14H,3-6,9-10H2,1-2H3. The van der Waals surface area contributed by atoms with Crippen molar-refractivity contribution in [1.29, 1.82) is 0 Å². The lowest BCUT2D eigenvalue weighted by Gasteiger charge is -2.20.